The normalized spacial score (nSPS) is 14.5. The molecule has 9 heteroatoms. The number of nitrogens with one attached hydrogen (secondary N) is 1. The van der Waals surface area contributed by atoms with Crippen molar-refractivity contribution in [3.8, 4) is 22.5 Å². The average molecular weight is 567 g/mol. The number of ketones is 1. The Morgan fingerprint density at radius 1 is 1.00 bits per heavy atom. The van der Waals surface area contributed by atoms with Gasteiger partial charge in [0, 0.05) is 55.6 Å². The van der Waals surface area contributed by atoms with Crippen LogP contribution in [0.25, 0.3) is 33.4 Å². The fraction of sp³-hybridized carbons (Fsp3) is 0.212. The third-order valence-corrected chi connectivity index (χ3v) is 7.89. The van der Waals surface area contributed by atoms with Gasteiger partial charge in [-0.1, -0.05) is 12.1 Å². The van der Waals surface area contributed by atoms with E-state index >= 15 is 4.39 Å². The van der Waals surface area contributed by atoms with Crippen LogP contribution in [0.15, 0.2) is 77.5 Å². The molecule has 1 saturated heterocycles. The number of hydrogen-bond donors (Lipinski definition) is 1. The number of nitrogens with zero attached hydrogens (tertiary/aromatic N) is 3. The summed E-state index contributed by atoms with van der Waals surface area (Å²) >= 11 is 0. The molecule has 2 aromatic heterocycles. The number of likely N-dealkylation sites (tertiary alicyclic amines) is 1. The van der Waals surface area contributed by atoms with Gasteiger partial charge in [0.05, 0.1) is 16.4 Å². The van der Waals surface area contributed by atoms with E-state index in [9.17, 15) is 14.0 Å². The van der Waals surface area contributed by atoms with Gasteiger partial charge in [0.25, 0.3) is 5.91 Å². The molecular weight excluding hydrogens is 538 g/mol. The van der Waals surface area contributed by atoms with Crippen LogP contribution in [-0.4, -0.2) is 53.7 Å². The van der Waals surface area contributed by atoms with Crippen LogP contribution in [0, 0.1) is 18.6 Å². The Morgan fingerprint density at radius 3 is 2.38 bits per heavy atom. The first-order valence-electron chi connectivity index (χ1n) is 13.5. The van der Waals surface area contributed by atoms with Crippen LogP contribution < -0.4 is 5.32 Å². The number of carbonyl (C=O) groups is 2. The third kappa shape index (κ3) is 4.65. The lowest BCUT2D eigenvalue weighted by Crippen LogP contribution is -2.59. The van der Waals surface area contributed by atoms with Crippen LogP contribution in [0.4, 0.5) is 8.78 Å². The summed E-state index contributed by atoms with van der Waals surface area (Å²) in [6.45, 7) is 3.16. The first kappa shape index (κ1) is 27.4. The maximum atomic E-state index is 16.4. The number of hydrogen-bond acceptors (Lipinski definition) is 6. The molecule has 0 unspecified atom stereocenters. The maximum Gasteiger partial charge on any atom is 0.255 e. The number of likely N-dealkylation sites (N-methyl/N-ethyl adjacent to an activating group) is 1. The molecule has 5 aromatic rings. The van der Waals surface area contributed by atoms with Crippen LogP contribution in [0.2, 0.25) is 0 Å². The number of Topliss-reactive ketones (excluding diaryl/α,β-unsaturated/α-hetero) is 1. The minimum atomic E-state index is -0.648. The molecule has 42 heavy (non-hydrogen) atoms. The summed E-state index contributed by atoms with van der Waals surface area (Å²) < 4.78 is 35.9. The second-order valence-corrected chi connectivity index (χ2v) is 10.8. The van der Waals surface area contributed by atoms with Crippen LogP contribution in [-0.2, 0) is 5.41 Å². The minimum Gasteiger partial charge on any atom is -0.455 e. The number of furan rings is 1. The number of rotatable bonds is 7. The maximum absolute atomic E-state index is 16.4. The Labute approximate surface area is 241 Å². The van der Waals surface area contributed by atoms with Gasteiger partial charge in [-0.15, -0.1) is 0 Å². The molecule has 6 rings (SSSR count). The highest BCUT2D eigenvalue weighted by Gasteiger charge is 2.46. The van der Waals surface area contributed by atoms with E-state index in [4.69, 9.17) is 4.42 Å². The van der Waals surface area contributed by atoms with E-state index in [0.717, 1.165) is 5.56 Å². The standard InChI is InChI=1S/C33H28F2N4O3/c1-19-5-6-21(25(40)16-33(17-39(3)18-33)32-37-13-4-14-38-32)15-24(19)23-11-12-26-27(29(23)35)28(31(41)36-2)30(42-26)20-7-9-22(34)10-8-20/h4-15H,16-18H2,1-3H3,(H,36,41). The molecule has 1 aliphatic rings. The number of halogens is 2. The Hall–Kier alpha value is -4.76. The second-order valence-electron chi connectivity index (χ2n) is 10.8. The van der Waals surface area contributed by atoms with Crippen molar-refractivity contribution in [1.29, 1.82) is 0 Å². The van der Waals surface area contributed by atoms with Crippen LogP contribution >= 0.6 is 0 Å². The Bertz CT molecular complexity index is 1830. The topological polar surface area (TPSA) is 88.3 Å². The van der Waals surface area contributed by atoms with Gasteiger partial charge in [-0.05, 0) is 73.6 Å². The highest BCUT2D eigenvalue weighted by Crippen LogP contribution is 2.40. The van der Waals surface area contributed by atoms with E-state index in [1.807, 2.05) is 14.0 Å². The number of benzene rings is 3. The van der Waals surface area contributed by atoms with Gasteiger partial charge in [0.1, 0.15) is 28.8 Å². The predicted octanol–water partition coefficient (Wildman–Crippen LogP) is 5.96. The molecule has 1 aliphatic heterocycles. The summed E-state index contributed by atoms with van der Waals surface area (Å²) in [4.78, 5) is 37.6. The van der Waals surface area contributed by atoms with Crippen molar-refractivity contribution in [2.75, 3.05) is 27.2 Å². The predicted molar refractivity (Wildman–Crippen MR) is 155 cm³/mol. The van der Waals surface area contributed by atoms with Gasteiger partial charge < -0.3 is 14.6 Å². The zero-order valence-electron chi connectivity index (χ0n) is 23.4. The zero-order valence-corrected chi connectivity index (χ0v) is 23.4. The molecule has 1 N–H and O–H groups in total. The lowest BCUT2D eigenvalue weighted by atomic mass is 9.74. The Morgan fingerprint density at radius 2 is 1.71 bits per heavy atom. The summed E-state index contributed by atoms with van der Waals surface area (Å²) in [7, 11) is 3.43. The van der Waals surface area contributed by atoms with Crippen molar-refractivity contribution in [2.24, 2.45) is 0 Å². The molecule has 0 saturated carbocycles. The number of amides is 1. The third-order valence-electron chi connectivity index (χ3n) is 7.89. The smallest absolute Gasteiger partial charge is 0.255 e. The van der Waals surface area contributed by atoms with Crippen molar-refractivity contribution in [1.82, 2.24) is 20.2 Å². The average Bonchev–Trinajstić information content (AvgIpc) is 3.38. The lowest BCUT2D eigenvalue weighted by molar-refractivity contribution is 0.0639. The summed E-state index contributed by atoms with van der Waals surface area (Å²) in [6.07, 6.45) is 3.58. The Balaban J connectivity index is 1.42. The minimum absolute atomic E-state index is 0.0139. The van der Waals surface area contributed by atoms with Crippen LogP contribution in [0.1, 0.15) is 38.5 Å². The van der Waals surface area contributed by atoms with Crippen molar-refractivity contribution in [3.63, 3.8) is 0 Å². The highest BCUT2D eigenvalue weighted by atomic mass is 19.1. The van der Waals surface area contributed by atoms with Crippen molar-refractivity contribution in [3.05, 3.63) is 107 Å². The number of aryl methyl sites for hydroxylation is 1. The fourth-order valence-corrected chi connectivity index (χ4v) is 5.89. The van der Waals surface area contributed by atoms with Gasteiger partial charge >= 0.3 is 0 Å². The number of fused-ring (bicyclic) bond motifs is 1. The summed E-state index contributed by atoms with van der Waals surface area (Å²) in [5, 5.41) is 2.57. The molecule has 3 aromatic carbocycles. The monoisotopic (exact) mass is 566 g/mol. The largest absolute Gasteiger partial charge is 0.455 e. The van der Waals surface area contributed by atoms with Gasteiger partial charge in [0.15, 0.2) is 5.78 Å². The van der Waals surface area contributed by atoms with Gasteiger partial charge in [-0.3, -0.25) is 9.59 Å². The molecular formula is C33H28F2N4O3. The van der Waals surface area contributed by atoms with Gasteiger partial charge in [-0.2, -0.15) is 0 Å². The second kappa shape index (κ2) is 10.6. The summed E-state index contributed by atoms with van der Waals surface area (Å²) in [5.74, 6) is -0.944. The van der Waals surface area contributed by atoms with Gasteiger partial charge in [-0.25, -0.2) is 18.7 Å². The molecule has 1 fully saturated rings. The molecule has 0 atom stereocenters. The number of carbonyl (C=O) groups excluding carboxylic acids is 2. The van der Waals surface area contributed by atoms with E-state index in [2.05, 4.69) is 20.2 Å². The lowest BCUT2D eigenvalue weighted by Gasteiger charge is -2.47. The first-order valence-corrected chi connectivity index (χ1v) is 13.5. The molecule has 212 valence electrons. The Kier molecular flexibility index (Phi) is 6.90. The quantitative estimate of drug-likeness (QED) is 0.245. The zero-order chi connectivity index (χ0) is 29.6. The number of aromatic nitrogens is 2. The van der Waals surface area contributed by atoms with Crippen molar-refractivity contribution in [2.45, 2.75) is 18.8 Å². The van der Waals surface area contributed by atoms with E-state index in [-0.39, 0.29) is 40.1 Å². The molecule has 7 nitrogen and oxygen atoms in total. The molecule has 3 heterocycles. The SMILES string of the molecule is CNC(=O)c1c(-c2ccc(F)cc2)oc2ccc(-c3cc(C(=O)CC4(c5ncccn5)CN(C)C4)ccc3C)c(F)c12. The molecule has 0 bridgehead atoms. The van der Waals surface area contributed by atoms with E-state index in [1.165, 1.54) is 31.3 Å². The highest BCUT2D eigenvalue weighted by molar-refractivity contribution is 6.12. The van der Waals surface area contributed by atoms with Crippen molar-refractivity contribution < 1.29 is 22.8 Å². The van der Waals surface area contributed by atoms with Gasteiger partial charge in [0.2, 0.25) is 0 Å². The summed E-state index contributed by atoms with van der Waals surface area (Å²) in [6, 6.07) is 15.6. The first-order chi connectivity index (χ1) is 20.2. The molecule has 0 radical (unpaired) electrons. The molecule has 0 aliphatic carbocycles. The molecule has 0 spiro atoms. The van der Waals surface area contributed by atoms with Crippen molar-refractivity contribution >= 4 is 22.7 Å². The fourth-order valence-electron chi connectivity index (χ4n) is 5.89. The van der Waals surface area contributed by atoms with E-state index < -0.39 is 23.0 Å². The summed E-state index contributed by atoms with van der Waals surface area (Å²) in [5.41, 5.74) is 2.12. The van der Waals surface area contributed by atoms with E-state index in [1.54, 1.807) is 48.8 Å². The van der Waals surface area contributed by atoms with E-state index in [0.29, 0.717) is 35.6 Å². The van der Waals surface area contributed by atoms with Crippen LogP contribution in [0.3, 0.4) is 0 Å². The van der Waals surface area contributed by atoms with Crippen LogP contribution in [0.5, 0.6) is 0 Å². The molecule has 1 amide bonds.